The molecule has 2 aromatic rings. The molecule has 1 aromatic heterocycles. The van der Waals surface area contributed by atoms with Gasteiger partial charge in [0.15, 0.2) is 5.78 Å². The lowest BCUT2D eigenvalue weighted by Gasteiger charge is -2.05. The molecule has 0 aliphatic rings. The fraction of sp³-hybridized carbons (Fsp3) is 0.250. The summed E-state index contributed by atoms with van der Waals surface area (Å²) in [6.45, 7) is 4.34. The van der Waals surface area contributed by atoms with Crippen molar-refractivity contribution in [3.63, 3.8) is 0 Å². The van der Waals surface area contributed by atoms with Gasteiger partial charge in [0, 0.05) is 18.9 Å². The van der Waals surface area contributed by atoms with Crippen LogP contribution in [-0.2, 0) is 6.54 Å². The van der Waals surface area contributed by atoms with E-state index in [9.17, 15) is 4.79 Å². The van der Waals surface area contributed by atoms with Crippen LogP contribution in [0.15, 0.2) is 24.3 Å². The maximum absolute atomic E-state index is 11.4. The van der Waals surface area contributed by atoms with Crippen LogP contribution in [0.1, 0.15) is 24.3 Å². The summed E-state index contributed by atoms with van der Waals surface area (Å²) in [5.41, 5.74) is 1.67. The third-order valence-corrected chi connectivity index (χ3v) is 2.85. The van der Waals surface area contributed by atoms with Crippen molar-refractivity contribution in [2.75, 3.05) is 0 Å². The number of hydrogen-bond donors (Lipinski definition) is 0. The highest BCUT2D eigenvalue weighted by atomic mass is 35.5. The van der Waals surface area contributed by atoms with Crippen LogP contribution in [0.3, 0.4) is 0 Å². The van der Waals surface area contributed by atoms with Gasteiger partial charge in [-0.05, 0) is 19.1 Å². The van der Waals surface area contributed by atoms with Gasteiger partial charge in [0.25, 0.3) is 0 Å². The summed E-state index contributed by atoms with van der Waals surface area (Å²) in [7, 11) is 0. The number of hydrogen-bond acceptors (Lipinski definition) is 1. The number of halogens is 1. The second kappa shape index (κ2) is 3.70. The van der Waals surface area contributed by atoms with Crippen molar-refractivity contribution in [3.05, 3.63) is 35.0 Å². The molecule has 15 heavy (non-hydrogen) atoms. The Kier molecular flexibility index (Phi) is 2.53. The number of carbonyl (C=O) groups excluding carboxylic acids is 1. The molecule has 0 aliphatic heterocycles. The van der Waals surface area contributed by atoms with Crippen molar-refractivity contribution < 1.29 is 4.79 Å². The molecule has 0 saturated carbocycles. The molecular weight excluding hydrogens is 210 g/mol. The van der Waals surface area contributed by atoms with Crippen molar-refractivity contribution in [2.24, 2.45) is 0 Å². The molecule has 0 bridgehead atoms. The van der Waals surface area contributed by atoms with Crippen molar-refractivity contribution >= 4 is 28.3 Å². The summed E-state index contributed by atoms with van der Waals surface area (Å²) >= 11 is 6.13. The topological polar surface area (TPSA) is 22.0 Å². The number of ketones is 1. The number of fused-ring (bicyclic) bond motifs is 1. The molecule has 0 unspecified atom stereocenters. The molecule has 0 atom stereocenters. The van der Waals surface area contributed by atoms with Gasteiger partial charge in [0.2, 0.25) is 0 Å². The SMILES string of the molecule is CCn1c(C(C)=O)cc2cccc(Cl)c21. The van der Waals surface area contributed by atoms with E-state index in [0.29, 0.717) is 5.02 Å². The number of rotatable bonds is 2. The summed E-state index contributed by atoms with van der Waals surface area (Å²) < 4.78 is 1.96. The Labute approximate surface area is 93.5 Å². The number of Topliss-reactive ketones (excluding diaryl/α,β-unsaturated/α-hetero) is 1. The second-order valence-electron chi connectivity index (χ2n) is 3.51. The minimum Gasteiger partial charge on any atom is -0.337 e. The van der Waals surface area contributed by atoms with Gasteiger partial charge in [0.1, 0.15) is 0 Å². The van der Waals surface area contributed by atoms with Crippen LogP contribution in [0.2, 0.25) is 5.02 Å². The van der Waals surface area contributed by atoms with E-state index in [1.165, 1.54) is 0 Å². The number of para-hydroxylation sites is 1. The van der Waals surface area contributed by atoms with Gasteiger partial charge in [-0.15, -0.1) is 0 Å². The van der Waals surface area contributed by atoms with E-state index in [2.05, 4.69) is 0 Å². The first-order valence-corrected chi connectivity index (χ1v) is 5.31. The van der Waals surface area contributed by atoms with Crippen LogP contribution in [-0.4, -0.2) is 10.4 Å². The molecule has 78 valence electrons. The molecule has 0 saturated heterocycles. The van der Waals surface area contributed by atoms with Gasteiger partial charge >= 0.3 is 0 Å². The molecule has 0 N–H and O–H groups in total. The Morgan fingerprint density at radius 3 is 2.80 bits per heavy atom. The maximum atomic E-state index is 11.4. The van der Waals surface area contributed by atoms with E-state index in [1.54, 1.807) is 6.92 Å². The van der Waals surface area contributed by atoms with Crippen LogP contribution < -0.4 is 0 Å². The average Bonchev–Trinajstić information content (AvgIpc) is 2.57. The highest BCUT2D eigenvalue weighted by Gasteiger charge is 2.12. The van der Waals surface area contributed by atoms with E-state index in [4.69, 9.17) is 11.6 Å². The standard InChI is InChI=1S/C12H12ClNO/c1-3-14-11(8(2)15)7-9-5-4-6-10(13)12(9)14/h4-7H,3H2,1-2H3. The van der Waals surface area contributed by atoms with E-state index >= 15 is 0 Å². The van der Waals surface area contributed by atoms with Gasteiger partial charge in [-0.3, -0.25) is 4.79 Å². The molecule has 0 fully saturated rings. The molecular formula is C12H12ClNO. The van der Waals surface area contributed by atoms with E-state index in [1.807, 2.05) is 35.8 Å². The normalized spacial score (nSPS) is 10.9. The largest absolute Gasteiger partial charge is 0.337 e. The Hall–Kier alpha value is -1.28. The van der Waals surface area contributed by atoms with Crippen molar-refractivity contribution in [2.45, 2.75) is 20.4 Å². The Balaban J connectivity index is 2.86. The summed E-state index contributed by atoms with van der Waals surface area (Å²) in [4.78, 5) is 11.4. The quantitative estimate of drug-likeness (QED) is 0.712. The molecule has 0 aliphatic carbocycles. The number of aryl methyl sites for hydroxylation is 1. The van der Waals surface area contributed by atoms with E-state index in [0.717, 1.165) is 23.1 Å². The van der Waals surface area contributed by atoms with Gasteiger partial charge < -0.3 is 4.57 Å². The van der Waals surface area contributed by atoms with Crippen molar-refractivity contribution in [1.82, 2.24) is 4.57 Å². The zero-order chi connectivity index (χ0) is 11.0. The van der Waals surface area contributed by atoms with Crippen LogP contribution in [0, 0.1) is 0 Å². The third-order valence-electron chi connectivity index (χ3n) is 2.55. The fourth-order valence-electron chi connectivity index (χ4n) is 1.90. The first-order valence-electron chi connectivity index (χ1n) is 4.94. The van der Waals surface area contributed by atoms with Crippen LogP contribution >= 0.6 is 11.6 Å². The lowest BCUT2D eigenvalue weighted by atomic mass is 10.2. The monoisotopic (exact) mass is 221 g/mol. The lowest BCUT2D eigenvalue weighted by molar-refractivity contribution is 0.100. The number of nitrogens with zero attached hydrogens (tertiary/aromatic N) is 1. The first kappa shape index (κ1) is 10.2. The number of aromatic nitrogens is 1. The second-order valence-corrected chi connectivity index (χ2v) is 3.91. The molecule has 1 aromatic carbocycles. The van der Waals surface area contributed by atoms with Crippen LogP contribution in [0.4, 0.5) is 0 Å². The fourth-order valence-corrected chi connectivity index (χ4v) is 2.18. The minimum absolute atomic E-state index is 0.0733. The van der Waals surface area contributed by atoms with Crippen molar-refractivity contribution in [1.29, 1.82) is 0 Å². The smallest absolute Gasteiger partial charge is 0.176 e. The summed E-state index contributed by atoms with van der Waals surface area (Å²) in [5, 5.41) is 1.72. The van der Waals surface area contributed by atoms with E-state index in [-0.39, 0.29) is 5.78 Å². The molecule has 0 radical (unpaired) electrons. The maximum Gasteiger partial charge on any atom is 0.176 e. The summed E-state index contributed by atoms with van der Waals surface area (Å²) in [5.74, 6) is 0.0733. The third kappa shape index (κ3) is 1.55. The van der Waals surface area contributed by atoms with Crippen LogP contribution in [0.25, 0.3) is 10.9 Å². The summed E-state index contributed by atoms with van der Waals surface area (Å²) in [6.07, 6.45) is 0. The average molecular weight is 222 g/mol. The lowest BCUT2D eigenvalue weighted by Crippen LogP contribution is -2.04. The minimum atomic E-state index is 0.0733. The predicted octanol–water partition coefficient (Wildman–Crippen LogP) is 3.52. The van der Waals surface area contributed by atoms with Crippen molar-refractivity contribution in [3.8, 4) is 0 Å². The highest BCUT2D eigenvalue weighted by Crippen LogP contribution is 2.27. The Morgan fingerprint density at radius 2 is 2.20 bits per heavy atom. The summed E-state index contributed by atoms with van der Waals surface area (Å²) in [6, 6.07) is 7.61. The van der Waals surface area contributed by atoms with Gasteiger partial charge in [-0.1, -0.05) is 23.7 Å². The molecule has 1 heterocycles. The highest BCUT2D eigenvalue weighted by molar-refractivity contribution is 6.35. The molecule has 2 rings (SSSR count). The van der Waals surface area contributed by atoms with Gasteiger partial charge in [-0.2, -0.15) is 0 Å². The predicted molar refractivity (Wildman–Crippen MR) is 62.6 cm³/mol. The molecule has 2 nitrogen and oxygen atoms in total. The van der Waals surface area contributed by atoms with Gasteiger partial charge in [-0.25, -0.2) is 0 Å². The molecule has 3 heteroatoms. The van der Waals surface area contributed by atoms with E-state index < -0.39 is 0 Å². The zero-order valence-corrected chi connectivity index (χ0v) is 9.51. The first-order chi connectivity index (χ1) is 7.15. The Morgan fingerprint density at radius 1 is 1.47 bits per heavy atom. The zero-order valence-electron chi connectivity index (χ0n) is 8.75. The Bertz CT molecular complexity index is 528. The van der Waals surface area contributed by atoms with Crippen LogP contribution in [0.5, 0.6) is 0 Å². The number of benzene rings is 1. The number of carbonyl (C=O) groups is 1. The van der Waals surface area contributed by atoms with Gasteiger partial charge in [0.05, 0.1) is 16.2 Å². The molecule has 0 amide bonds. The molecule has 0 spiro atoms.